The van der Waals surface area contributed by atoms with Crippen molar-refractivity contribution in [3.8, 4) is 17.2 Å². The highest BCUT2D eigenvalue weighted by molar-refractivity contribution is 5.96. The minimum Gasteiger partial charge on any atom is -0.495 e. The first-order chi connectivity index (χ1) is 15.0. The Morgan fingerprint density at radius 2 is 1.45 bits per heavy atom. The highest BCUT2D eigenvalue weighted by Crippen LogP contribution is 2.28. The van der Waals surface area contributed by atoms with E-state index in [1.54, 1.807) is 36.4 Å². The number of aryl methyl sites for hydroxylation is 1. The molecular weight excluding hydrogens is 396 g/mol. The van der Waals surface area contributed by atoms with Crippen LogP contribution in [0.2, 0.25) is 0 Å². The average Bonchev–Trinajstić information content (AvgIpc) is 2.78. The molecular formula is C24H24N2O5. The van der Waals surface area contributed by atoms with Gasteiger partial charge in [0.1, 0.15) is 17.2 Å². The molecule has 0 bridgehead atoms. The van der Waals surface area contributed by atoms with E-state index in [1.165, 1.54) is 7.11 Å². The Morgan fingerprint density at radius 1 is 0.774 bits per heavy atom. The molecule has 7 heteroatoms. The molecule has 2 amide bonds. The monoisotopic (exact) mass is 420 g/mol. The van der Waals surface area contributed by atoms with Crippen molar-refractivity contribution in [2.75, 3.05) is 31.0 Å². The van der Waals surface area contributed by atoms with Crippen molar-refractivity contribution in [1.82, 2.24) is 0 Å². The number of rotatable bonds is 9. The summed E-state index contributed by atoms with van der Waals surface area (Å²) in [5.41, 5.74) is 1.86. The van der Waals surface area contributed by atoms with Crippen LogP contribution in [-0.2, 0) is 9.59 Å². The van der Waals surface area contributed by atoms with Crippen LogP contribution in [0.15, 0.2) is 72.8 Å². The molecule has 0 spiro atoms. The van der Waals surface area contributed by atoms with Gasteiger partial charge in [0, 0.05) is 5.69 Å². The molecule has 0 aliphatic carbocycles. The molecule has 160 valence electrons. The number of amides is 2. The summed E-state index contributed by atoms with van der Waals surface area (Å²) < 4.78 is 16.3. The van der Waals surface area contributed by atoms with Gasteiger partial charge in [-0.1, -0.05) is 36.4 Å². The lowest BCUT2D eigenvalue weighted by Crippen LogP contribution is -2.22. The molecule has 0 radical (unpaired) electrons. The first kappa shape index (κ1) is 21.7. The minimum atomic E-state index is -0.353. The molecule has 0 saturated carbocycles. The summed E-state index contributed by atoms with van der Waals surface area (Å²) in [7, 11) is 1.50. The molecule has 0 unspecified atom stereocenters. The summed E-state index contributed by atoms with van der Waals surface area (Å²) in [5, 5.41) is 5.49. The Labute approximate surface area is 180 Å². The molecule has 3 aromatic rings. The zero-order chi connectivity index (χ0) is 22.1. The molecule has 0 fully saturated rings. The van der Waals surface area contributed by atoms with Gasteiger partial charge >= 0.3 is 0 Å². The summed E-state index contributed by atoms with van der Waals surface area (Å²) >= 11 is 0. The van der Waals surface area contributed by atoms with Gasteiger partial charge in [-0.2, -0.15) is 0 Å². The van der Waals surface area contributed by atoms with Crippen molar-refractivity contribution in [3.05, 3.63) is 78.4 Å². The van der Waals surface area contributed by atoms with Crippen molar-refractivity contribution in [2.24, 2.45) is 0 Å². The van der Waals surface area contributed by atoms with Crippen molar-refractivity contribution < 1.29 is 23.8 Å². The van der Waals surface area contributed by atoms with Crippen LogP contribution in [0.1, 0.15) is 5.56 Å². The highest BCUT2D eigenvalue weighted by atomic mass is 16.5. The first-order valence-electron chi connectivity index (χ1n) is 9.69. The minimum absolute atomic E-state index is 0.135. The zero-order valence-electron chi connectivity index (χ0n) is 17.4. The van der Waals surface area contributed by atoms with Gasteiger partial charge in [-0.05, 0) is 48.9 Å². The number of para-hydroxylation sites is 2. The van der Waals surface area contributed by atoms with Crippen LogP contribution in [0.3, 0.4) is 0 Å². The molecule has 31 heavy (non-hydrogen) atoms. The van der Waals surface area contributed by atoms with Crippen LogP contribution in [0, 0.1) is 6.92 Å². The van der Waals surface area contributed by atoms with E-state index in [9.17, 15) is 9.59 Å². The topological polar surface area (TPSA) is 85.9 Å². The Hall–Kier alpha value is -4.00. The quantitative estimate of drug-likeness (QED) is 0.546. The summed E-state index contributed by atoms with van der Waals surface area (Å²) in [6, 6.07) is 21.5. The maximum Gasteiger partial charge on any atom is 0.262 e. The van der Waals surface area contributed by atoms with Gasteiger partial charge in [-0.15, -0.1) is 0 Å². The van der Waals surface area contributed by atoms with E-state index < -0.39 is 0 Å². The molecule has 7 nitrogen and oxygen atoms in total. The number of carbonyl (C=O) groups excluding carboxylic acids is 2. The van der Waals surface area contributed by atoms with Crippen LogP contribution >= 0.6 is 0 Å². The van der Waals surface area contributed by atoms with E-state index in [2.05, 4.69) is 10.6 Å². The number of carbonyl (C=O) groups is 2. The van der Waals surface area contributed by atoms with Crippen LogP contribution in [-0.4, -0.2) is 32.1 Å². The fourth-order valence-electron chi connectivity index (χ4n) is 2.79. The standard InChI is InChI=1S/C24H24N2O5/c1-17-8-6-7-11-21(17)31-16-23(27)25-18-12-13-22(29-2)20(14-18)26-24(28)15-30-19-9-4-3-5-10-19/h3-14H,15-16H2,1-2H3,(H,25,27)(H,26,28). The highest BCUT2D eigenvalue weighted by Gasteiger charge is 2.12. The third kappa shape index (κ3) is 6.50. The van der Waals surface area contributed by atoms with E-state index in [0.29, 0.717) is 28.6 Å². The van der Waals surface area contributed by atoms with Crippen LogP contribution in [0.25, 0.3) is 0 Å². The number of hydrogen-bond acceptors (Lipinski definition) is 5. The Kier molecular flexibility index (Phi) is 7.48. The smallest absolute Gasteiger partial charge is 0.262 e. The number of anilines is 2. The van der Waals surface area contributed by atoms with Gasteiger partial charge in [-0.25, -0.2) is 0 Å². The fourth-order valence-corrected chi connectivity index (χ4v) is 2.79. The van der Waals surface area contributed by atoms with E-state index in [1.807, 2.05) is 43.3 Å². The number of methoxy groups -OCH3 is 1. The predicted molar refractivity (Wildman–Crippen MR) is 119 cm³/mol. The Bertz CT molecular complexity index is 1040. The summed E-state index contributed by atoms with van der Waals surface area (Å²) in [5.74, 6) is 1.03. The SMILES string of the molecule is COc1ccc(NC(=O)COc2ccccc2C)cc1NC(=O)COc1ccccc1. The lowest BCUT2D eigenvalue weighted by molar-refractivity contribution is -0.118. The second-order valence-electron chi connectivity index (χ2n) is 6.67. The van der Waals surface area contributed by atoms with E-state index in [-0.39, 0.29) is 25.0 Å². The molecule has 0 heterocycles. The van der Waals surface area contributed by atoms with Crippen molar-refractivity contribution >= 4 is 23.2 Å². The van der Waals surface area contributed by atoms with Crippen LogP contribution < -0.4 is 24.8 Å². The number of benzene rings is 3. The number of hydrogen-bond donors (Lipinski definition) is 2. The van der Waals surface area contributed by atoms with Gasteiger partial charge in [-0.3, -0.25) is 9.59 Å². The molecule has 2 N–H and O–H groups in total. The van der Waals surface area contributed by atoms with Gasteiger partial charge < -0.3 is 24.8 Å². The van der Waals surface area contributed by atoms with E-state index in [4.69, 9.17) is 14.2 Å². The first-order valence-corrected chi connectivity index (χ1v) is 9.69. The third-order valence-electron chi connectivity index (χ3n) is 4.32. The van der Waals surface area contributed by atoms with Gasteiger partial charge in [0.15, 0.2) is 13.2 Å². The zero-order valence-corrected chi connectivity index (χ0v) is 17.4. The molecule has 0 aliphatic rings. The predicted octanol–water partition coefficient (Wildman–Crippen LogP) is 4.04. The number of ether oxygens (including phenoxy) is 3. The van der Waals surface area contributed by atoms with Gasteiger partial charge in [0.2, 0.25) is 0 Å². The normalized spacial score (nSPS) is 10.1. The Morgan fingerprint density at radius 3 is 2.19 bits per heavy atom. The van der Waals surface area contributed by atoms with Crippen LogP contribution in [0.5, 0.6) is 17.2 Å². The van der Waals surface area contributed by atoms with Gasteiger partial charge in [0.25, 0.3) is 11.8 Å². The van der Waals surface area contributed by atoms with Crippen molar-refractivity contribution in [1.29, 1.82) is 0 Å². The van der Waals surface area contributed by atoms with E-state index >= 15 is 0 Å². The average molecular weight is 420 g/mol. The number of nitrogens with one attached hydrogen (secondary N) is 2. The second kappa shape index (κ2) is 10.7. The molecule has 0 saturated heterocycles. The van der Waals surface area contributed by atoms with Crippen LogP contribution in [0.4, 0.5) is 11.4 Å². The lowest BCUT2D eigenvalue weighted by atomic mass is 10.2. The second-order valence-corrected chi connectivity index (χ2v) is 6.67. The molecule has 3 aromatic carbocycles. The summed E-state index contributed by atoms with van der Waals surface area (Å²) in [6.45, 7) is 1.62. The van der Waals surface area contributed by atoms with Crippen molar-refractivity contribution in [3.63, 3.8) is 0 Å². The fraction of sp³-hybridized carbons (Fsp3) is 0.167. The lowest BCUT2D eigenvalue weighted by Gasteiger charge is -2.14. The maximum atomic E-state index is 12.3. The molecule has 0 atom stereocenters. The summed E-state index contributed by atoms with van der Waals surface area (Å²) in [6.07, 6.45) is 0. The largest absolute Gasteiger partial charge is 0.495 e. The molecule has 3 rings (SSSR count). The molecule has 0 aliphatic heterocycles. The summed E-state index contributed by atoms with van der Waals surface area (Å²) in [4.78, 5) is 24.5. The maximum absolute atomic E-state index is 12.3. The van der Waals surface area contributed by atoms with E-state index in [0.717, 1.165) is 5.56 Å². The Balaban J connectivity index is 1.58. The molecule has 0 aromatic heterocycles. The van der Waals surface area contributed by atoms with Gasteiger partial charge in [0.05, 0.1) is 12.8 Å². The third-order valence-corrected chi connectivity index (χ3v) is 4.32. The van der Waals surface area contributed by atoms with Crippen molar-refractivity contribution in [2.45, 2.75) is 6.92 Å².